The minimum Gasteiger partial charge on any atom is -0.437 e. The maximum Gasteiger partial charge on any atom is 0.227 e. The molecule has 12 nitrogen and oxygen atoms in total. The van der Waals surface area contributed by atoms with Gasteiger partial charge in [-0.25, -0.2) is 38.2 Å². The Hall–Kier alpha value is -10.7. The third-order valence-corrected chi connectivity index (χ3v) is 20.4. The van der Waals surface area contributed by atoms with Gasteiger partial charge in [0.1, 0.15) is 28.2 Å². The van der Waals surface area contributed by atoms with Crippen molar-refractivity contribution >= 4 is 88.3 Å². The summed E-state index contributed by atoms with van der Waals surface area (Å²) in [5, 5.41) is 7.54. The van der Waals surface area contributed by atoms with E-state index in [0.717, 1.165) is 141 Å². The Labute approximate surface area is 629 Å². The predicted molar refractivity (Wildman–Crippen MR) is 421 cm³/mol. The molecular weight excluding hydrogens is 1280 g/mol. The minimum absolute atomic E-state index is 0.00890. The normalized spacial score (nSPS) is 18.8. The van der Waals surface area contributed by atoms with Crippen LogP contribution in [0.4, 0.5) is 0 Å². The molecule has 0 spiro atoms. The standard InChI is InChI=1S/C25H27N2O.C24H25N2O.C22H23N2O.C21H21N2O/c1-16-9-14-22(27(3)15-16)23-17(2)10-11-19-20-12-13-21(18-7-5-4-6-8-18)26-25(20)28-24(19)23;1-15-8-13-21(26(3)14-15)22-16(2)9-10-18-19-11-12-20(17-6-4-5-7-17)25-24(19)27-23(18)22;1-5-15-8-12-19(24(4)13-15)20-14(3)7-10-17-18-11-9-16(6-2)23-22(18)25-21(17)20;1-5-15-8-11-18(23(4)12-15)19-13(2)6-9-16-17-10-7-14(3)22-21(17)24-20(16)19/h9-15,18H,4-8H2,1-3H3;8-14,17H,4-7H2,1-3H3;7-13H,5-6H2,1-4H3;6-12H,5H2,1-4H3/q4*+1/i1D3,7D2,8D2,18D;1D3,6D2,17D;;. The molecule has 2 fully saturated rings. The van der Waals surface area contributed by atoms with E-state index in [0.29, 0.717) is 59.4 Å². The fourth-order valence-electron chi connectivity index (χ4n) is 14.8. The van der Waals surface area contributed by atoms with Crippen LogP contribution in [0, 0.1) is 48.3 Å². The van der Waals surface area contributed by atoms with E-state index in [4.69, 9.17) is 36.9 Å². The number of fused-ring (bicyclic) bond motifs is 12. The van der Waals surface area contributed by atoms with Gasteiger partial charge >= 0.3 is 0 Å². The highest BCUT2D eigenvalue weighted by atomic mass is 16.4. The average molecular weight is 1390 g/mol. The molecule has 0 radical (unpaired) electrons. The van der Waals surface area contributed by atoms with Crippen molar-refractivity contribution in [3.8, 4) is 45.0 Å². The first-order valence-corrected chi connectivity index (χ1v) is 36.1. The summed E-state index contributed by atoms with van der Waals surface area (Å²) >= 11 is 0. The number of nitrogens with zero attached hydrogens (tertiary/aromatic N) is 8. The van der Waals surface area contributed by atoms with Gasteiger partial charge in [0.15, 0.2) is 47.1 Å². The van der Waals surface area contributed by atoms with Gasteiger partial charge in [0.05, 0.1) is 22.3 Å². The van der Waals surface area contributed by atoms with Crippen LogP contribution in [0.3, 0.4) is 0 Å². The van der Waals surface area contributed by atoms with Gasteiger partial charge in [-0.1, -0.05) is 101 Å². The molecule has 4 aromatic carbocycles. The van der Waals surface area contributed by atoms with Crippen LogP contribution in [-0.4, -0.2) is 19.9 Å². The molecule has 2 aliphatic rings. The molecule has 2 aliphatic carbocycles. The van der Waals surface area contributed by atoms with Crippen molar-refractivity contribution in [2.75, 3.05) is 0 Å². The minimum atomic E-state index is -2.22. The Kier molecular flexibility index (Phi) is 15.0. The second-order valence-electron chi connectivity index (χ2n) is 27.6. The number of furan rings is 4. The number of aryl methyl sites for hydroxylation is 14. The number of benzene rings is 4. The van der Waals surface area contributed by atoms with Crippen molar-refractivity contribution < 1.29 is 55.1 Å². The highest BCUT2D eigenvalue weighted by molar-refractivity contribution is 6.12. The van der Waals surface area contributed by atoms with Gasteiger partial charge in [0, 0.05) is 143 Å². The summed E-state index contributed by atoms with van der Waals surface area (Å²) < 4.78 is 147. The van der Waals surface area contributed by atoms with Crippen molar-refractivity contribution in [3.63, 3.8) is 0 Å². The lowest BCUT2D eigenvalue weighted by molar-refractivity contribution is -0.660. The summed E-state index contributed by atoms with van der Waals surface area (Å²) in [7, 11) is 7.79. The van der Waals surface area contributed by atoms with Crippen molar-refractivity contribution in [1.82, 2.24) is 19.9 Å². The van der Waals surface area contributed by atoms with Crippen molar-refractivity contribution in [3.05, 3.63) is 238 Å². The number of pyridine rings is 8. The van der Waals surface area contributed by atoms with Crippen molar-refractivity contribution in [1.29, 1.82) is 0 Å². The largest absolute Gasteiger partial charge is 0.437 e. The number of hydrogen-bond acceptors (Lipinski definition) is 8. The third-order valence-electron chi connectivity index (χ3n) is 20.4. The molecular formula is C92H96N8O4+4. The molecule has 104 heavy (non-hydrogen) atoms. The topological polar surface area (TPSA) is 120 Å². The van der Waals surface area contributed by atoms with Crippen molar-refractivity contribution in [2.24, 2.45) is 28.2 Å². The Morgan fingerprint density at radius 1 is 0.365 bits per heavy atom. The van der Waals surface area contributed by atoms with Crippen LogP contribution in [-0.2, 0) is 47.5 Å². The van der Waals surface area contributed by atoms with Crippen LogP contribution in [0.1, 0.15) is 177 Å². The summed E-state index contributed by atoms with van der Waals surface area (Å²) in [6, 6.07) is 47.2. The Morgan fingerprint density at radius 2 is 0.721 bits per heavy atom. The Bertz CT molecular complexity index is 6660. The van der Waals surface area contributed by atoms with E-state index in [-0.39, 0.29) is 35.4 Å². The van der Waals surface area contributed by atoms with Crippen LogP contribution in [0.2, 0.25) is 0 Å². The lowest BCUT2D eigenvalue weighted by Crippen LogP contribution is -2.31. The van der Waals surface area contributed by atoms with Gasteiger partial charge in [-0.15, -0.1) is 0 Å². The zero-order valence-electron chi connectivity index (χ0n) is 75.2. The van der Waals surface area contributed by atoms with Crippen LogP contribution in [0.15, 0.2) is 188 Å². The van der Waals surface area contributed by atoms with E-state index < -0.39 is 44.6 Å². The lowest BCUT2D eigenvalue weighted by Gasteiger charge is -2.20. The Balaban J connectivity index is 0.000000125. The van der Waals surface area contributed by atoms with Gasteiger partial charge in [0.2, 0.25) is 45.6 Å². The molecule has 0 bridgehead atoms. The molecule has 0 amide bonds. The van der Waals surface area contributed by atoms with Crippen molar-refractivity contribution in [2.45, 2.75) is 158 Å². The highest BCUT2D eigenvalue weighted by Gasteiger charge is 2.28. The van der Waals surface area contributed by atoms with Crippen LogP contribution < -0.4 is 18.3 Å². The molecule has 0 aliphatic heterocycles. The molecule has 1 atom stereocenters. The molecule has 0 saturated heterocycles. The van der Waals surface area contributed by atoms with Gasteiger partial charge in [-0.3, -0.25) is 0 Å². The summed E-state index contributed by atoms with van der Waals surface area (Å²) in [6.45, 7) is 12.2. The maximum absolute atomic E-state index is 8.98. The molecule has 12 heteroatoms. The second kappa shape index (κ2) is 28.8. The fraction of sp³-hybridized carbons (Fsp3) is 0.304. The summed E-state index contributed by atoms with van der Waals surface area (Å²) in [4.78, 5) is 18.4. The average Bonchev–Trinajstić information content (AvgIpc) is 1.31. The molecule has 18 rings (SSSR count). The van der Waals surface area contributed by atoms with E-state index in [9.17, 15) is 0 Å². The second-order valence-corrected chi connectivity index (χ2v) is 27.6. The number of aromatic nitrogens is 8. The quantitative estimate of drug-likeness (QED) is 0.131. The molecule has 16 aromatic rings. The number of hydrogen-bond donors (Lipinski definition) is 0. The molecule has 0 N–H and O–H groups in total. The van der Waals surface area contributed by atoms with Gasteiger partial charge in [-0.2, -0.15) is 0 Å². The van der Waals surface area contributed by atoms with E-state index in [1.807, 2.05) is 64.2 Å². The van der Waals surface area contributed by atoms with Crippen LogP contribution in [0.25, 0.3) is 133 Å². The van der Waals surface area contributed by atoms with E-state index in [1.165, 1.54) is 28.3 Å². The first-order chi connectivity index (χ1) is 55.8. The monoisotopic (exact) mass is 1390 g/mol. The van der Waals surface area contributed by atoms with E-state index in [2.05, 4.69) is 157 Å². The van der Waals surface area contributed by atoms with E-state index in [1.54, 1.807) is 65.0 Å². The highest BCUT2D eigenvalue weighted by Crippen LogP contribution is 2.43. The zero-order chi connectivity index (χ0) is 84.4. The van der Waals surface area contributed by atoms with Gasteiger partial charge < -0.3 is 17.7 Å². The smallest absolute Gasteiger partial charge is 0.227 e. The SMILES string of the molecule is CCc1ccc(-c2c(C)ccc3c2oc2nc(C)ccc23)[n+](C)c1.CCc1ccc(-c2c(C)ccc3c2oc2nc(CC)ccc23)[n+](C)c1.[2H]C([2H])([2H])c1ccc(-c2c(C)ccc3c2oc2nc(C4([2H])C([2H])([2H])CCCC4([2H])[2H])ccc23)[n+](C)c1.[2H]C([2H])([2H])c1ccc(-c2c(C)ccc3c2oc2nc(C4([2H])CCCC4([2H])[2H])ccc23)[n+](C)c1. The molecule has 12 heterocycles. The first-order valence-electron chi connectivity index (χ1n) is 43.1. The third kappa shape index (κ3) is 13.1. The van der Waals surface area contributed by atoms with Crippen LogP contribution in [0.5, 0.6) is 0 Å². The fourth-order valence-corrected chi connectivity index (χ4v) is 14.8. The lowest BCUT2D eigenvalue weighted by atomic mass is 9.86. The molecule has 524 valence electrons. The predicted octanol–water partition coefficient (Wildman–Crippen LogP) is 21.4. The van der Waals surface area contributed by atoms with Gasteiger partial charge in [0.25, 0.3) is 0 Å². The molecule has 12 aromatic heterocycles. The molecule has 2 saturated carbocycles. The first kappa shape index (κ1) is 54.0. The summed E-state index contributed by atoms with van der Waals surface area (Å²) in [5.41, 5.74) is 22.7. The zero-order valence-corrected chi connectivity index (χ0v) is 61.2. The summed E-state index contributed by atoms with van der Waals surface area (Å²) in [5.74, 6) is -3.57. The van der Waals surface area contributed by atoms with Gasteiger partial charge in [-0.05, 0) is 188 Å². The number of rotatable bonds is 9. The maximum atomic E-state index is 8.98. The van der Waals surface area contributed by atoms with E-state index >= 15 is 0 Å². The van der Waals surface area contributed by atoms with Crippen LogP contribution >= 0.6 is 0 Å². The Morgan fingerprint density at radius 3 is 1.11 bits per heavy atom. The summed E-state index contributed by atoms with van der Waals surface area (Å²) in [6.07, 6.45) is 6.70. The molecule has 1 unspecified atom stereocenters.